The third-order valence-corrected chi connectivity index (χ3v) is 4.70. The number of benzene rings is 1. The molecule has 1 heterocycles. The van der Waals surface area contributed by atoms with Gasteiger partial charge in [-0.25, -0.2) is 0 Å². The first-order valence-corrected chi connectivity index (χ1v) is 7.81. The van der Waals surface area contributed by atoms with E-state index in [0.29, 0.717) is 16.7 Å². The Labute approximate surface area is 120 Å². The number of ketones is 1. The minimum Gasteiger partial charge on any atom is -0.477 e. The van der Waals surface area contributed by atoms with Crippen molar-refractivity contribution in [2.75, 3.05) is 6.26 Å². The fourth-order valence-electron chi connectivity index (χ4n) is 1.81. The van der Waals surface area contributed by atoms with Gasteiger partial charge in [0.2, 0.25) is 5.78 Å². The molecule has 2 rings (SSSR count). The summed E-state index contributed by atoms with van der Waals surface area (Å²) in [4.78, 5) is 13.3. The number of ether oxygens (including phenoxy) is 1. The van der Waals surface area contributed by atoms with Gasteiger partial charge in [0.25, 0.3) is 0 Å². The van der Waals surface area contributed by atoms with Gasteiger partial charge in [-0.2, -0.15) is 0 Å². The number of halogens is 1. The predicted molar refractivity (Wildman–Crippen MR) is 78.9 cm³/mol. The Kier molecular flexibility index (Phi) is 3.87. The highest BCUT2D eigenvalue weighted by Crippen LogP contribution is 2.40. The number of hydrogen-bond donors (Lipinski definition) is 0. The zero-order chi connectivity index (χ0) is 13.3. The van der Waals surface area contributed by atoms with Crippen molar-refractivity contribution in [1.82, 2.24) is 0 Å². The molecule has 0 amide bonds. The largest absolute Gasteiger partial charge is 0.477 e. The third kappa shape index (κ3) is 2.24. The number of carbonyl (C=O) groups excluding carboxylic acids is 1. The fourth-order valence-corrected chi connectivity index (χ4v) is 2.95. The van der Waals surface area contributed by atoms with Crippen LogP contribution in [0.25, 0.3) is 5.76 Å². The van der Waals surface area contributed by atoms with E-state index in [2.05, 4.69) is 15.9 Å². The Morgan fingerprint density at radius 2 is 1.94 bits per heavy atom. The lowest BCUT2D eigenvalue weighted by atomic mass is 9.99. The maximum atomic E-state index is 12.1. The maximum absolute atomic E-state index is 12.1. The van der Waals surface area contributed by atoms with Gasteiger partial charge in [0.1, 0.15) is 10.2 Å². The van der Waals surface area contributed by atoms with Crippen molar-refractivity contribution in [3.63, 3.8) is 0 Å². The smallest absolute Gasteiger partial charge is 0.216 e. The van der Waals surface area contributed by atoms with E-state index in [0.717, 1.165) is 5.56 Å². The molecule has 1 aromatic rings. The number of carbonyl (C=O) groups is 1. The highest BCUT2D eigenvalue weighted by molar-refractivity contribution is 9.12. The summed E-state index contributed by atoms with van der Waals surface area (Å²) in [5, 5.41) is 0. The summed E-state index contributed by atoms with van der Waals surface area (Å²) in [6.07, 6.45) is 2.70. The van der Waals surface area contributed by atoms with E-state index in [-0.39, 0.29) is 5.78 Å². The molecule has 0 aliphatic carbocycles. The van der Waals surface area contributed by atoms with Gasteiger partial charge in [-0.1, -0.05) is 19.1 Å². The van der Waals surface area contributed by atoms with Gasteiger partial charge in [-0.05, 0) is 47.7 Å². The van der Waals surface area contributed by atoms with Crippen LogP contribution in [0.5, 0.6) is 0 Å². The minimum atomic E-state index is -0.730. The first-order chi connectivity index (χ1) is 8.51. The summed E-state index contributed by atoms with van der Waals surface area (Å²) in [6.45, 7) is 3.79. The molecule has 1 atom stereocenters. The molecule has 0 saturated carbocycles. The van der Waals surface area contributed by atoms with Crippen molar-refractivity contribution >= 4 is 39.2 Å². The first-order valence-electron chi connectivity index (χ1n) is 5.80. The molecule has 0 spiro atoms. The van der Waals surface area contributed by atoms with Gasteiger partial charge in [0.05, 0.1) is 0 Å². The predicted octanol–water partition coefficient (Wildman–Crippen LogP) is 4.24. The van der Waals surface area contributed by atoms with Crippen molar-refractivity contribution in [2.24, 2.45) is 0 Å². The Hall–Kier alpha value is -0.740. The topological polar surface area (TPSA) is 26.3 Å². The molecule has 18 heavy (non-hydrogen) atoms. The lowest BCUT2D eigenvalue weighted by Gasteiger charge is -2.21. The van der Waals surface area contributed by atoms with Crippen LogP contribution in [-0.2, 0) is 9.53 Å². The van der Waals surface area contributed by atoms with E-state index in [1.165, 1.54) is 4.90 Å². The molecule has 0 N–H and O–H groups in total. The van der Waals surface area contributed by atoms with Gasteiger partial charge in [0.15, 0.2) is 5.60 Å². The zero-order valence-corrected chi connectivity index (χ0v) is 13.0. The molecular weight excluding hydrogens is 312 g/mol. The Bertz CT molecular complexity index is 507. The van der Waals surface area contributed by atoms with Crippen molar-refractivity contribution in [3.8, 4) is 0 Å². The summed E-state index contributed by atoms with van der Waals surface area (Å²) in [6, 6.07) is 8.03. The Morgan fingerprint density at radius 1 is 1.33 bits per heavy atom. The molecule has 0 radical (unpaired) electrons. The number of Topliss-reactive ketones (excluding diaryl/α,β-unsaturated/α-hetero) is 1. The first kappa shape index (κ1) is 13.7. The average molecular weight is 327 g/mol. The molecule has 0 fully saturated rings. The van der Waals surface area contributed by atoms with Crippen LogP contribution < -0.4 is 0 Å². The lowest BCUT2D eigenvalue weighted by molar-refractivity contribution is -0.127. The van der Waals surface area contributed by atoms with Crippen LogP contribution in [0.4, 0.5) is 0 Å². The Balaban J connectivity index is 2.36. The Morgan fingerprint density at radius 3 is 2.39 bits per heavy atom. The van der Waals surface area contributed by atoms with E-state index in [9.17, 15) is 4.79 Å². The van der Waals surface area contributed by atoms with Crippen molar-refractivity contribution in [1.29, 1.82) is 0 Å². The van der Waals surface area contributed by atoms with Gasteiger partial charge < -0.3 is 4.74 Å². The zero-order valence-electron chi connectivity index (χ0n) is 10.6. The van der Waals surface area contributed by atoms with Crippen molar-refractivity contribution < 1.29 is 9.53 Å². The number of thioether (sulfide) groups is 1. The van der Waals surface area contributed by atoms with Gasteiger partial charge >= 0.3 is 0 Å². The van der Waals surface area contributed by atoms with Crippen LogP contribution >= 0.6 is 27.7 Å². The molecule has 1 aliphatic heterocycles. The summed E-state index contributed by atoms with van der Waals surface area (Å²) < 4.78 is 6.40. The van der Waals surface area contributed by atoms with Gasteiger partial charge in [-0.15, -0.1) is 11.8 Å². The lowest BCUT2D eigenvalue weighted by Crippen LogP contribution is -2.32. The number of hydrogen-bond acceptors (Lipinski definition) is 3. The quantitative estimate of drug-likeness (QED) is 0.777. The summed E-state index contributed by atoms with van der Waals surface area (Å²) in [5.74, 6) is 0.672. The van der Waals surface area contributed by atoms with Crippen LogP contribution in [0.1, 0.15) is 25.8 Å². The van der Waals surface area contributed by atoms with E-state index in [4.69, 9.17) is 4.74 Å². The molecule has 1 unspecified atom stereocenters. The van der Waals surface area contributed by atoms with Crippen LogP contribution in [-0.4, -0.2) is 17.6 Å². The summed E-state index contributed by atoms with van der Waals surface area (Å²) in [7, 11) is 0. The second-order valence-electron chi connectivity index (χ2n) is 4.39. The van der Waals surface area contributed by atoms with E-state index in [1.807, 2.05) is 44.4 Å². The summed E-state index contributed by atoms with van der Waals surface area (Å²) >= 11 is 5.05. The molecule has 0 saturated heterocycles. The fraction of sp³-hybridized carbons (Fsp3) is 0.357. The normalized spacial score (nSPS) is 23.4. The van der Waals surface area contributed by atoms with Gasteiger partial charge in [-0.3, -0.25) is 4.79 Å². The number of rotatable bonds is 3. The monoisotopic (exact) mass is 326 g/mol. The van der Waals surface area contributed by atoms with Crippen molar-refractivity contribution in [2.45, 2.75) is 30.8 Å². The molecule has 96 valence electrons. The molecular formula is C14H15BrO2S. The molecule has 1 aromatic carbocycles. The van der Waals surface area contributed by atoms with E-state index < -0.39 is 5.60 Å². The van der Waals surface area contributed by atoms with E-state index >= 15 is 0 Å². The average Bonchev–Trinajstić information content (AvgIpc) is 2.64. The van der Waals surface area contributed by atoms with Gasteiger partial charge in [0, 0.05) is 10.5 Å². The molecule has 0 bridgehead atoms. The second kappa shape index (κ2) is 5.10. The molecule has 1 aliphatic rings. The van der Waals surface area contributed by atoms with E-state index in [1.54, 1.807) is 11.8 Å². The van der Waals surface area contributed by atoms with Crippen molar-refractivity contribution in [3.05, 3.63) is 34.3 Å². The van der Waals surface area contributed by atoms with Crippen LogP contribution in [0, 0.1) is 0 Å². The standard InChI is InChI=1S/C14H15BrO2S/c1-4-14(2)13(16)11(15)12(17-14)9-5-7-10(18-3)8-6-9/h5-8H,4H2,1-3H3. The second-order valence-corrected chi connectivity index (χ2v) is 6.06. The third-order valence-electron chi connectivity index (χ3n) is 3.23. The summed E-state index contributed by atoms with van der Waals surface area (Å²) in [5.41, 5.74) is 0.206. The van der Waals surface area contributed by atoms with Crippen LogP contribution in [0.2, 0.25) is 0 Å². The highest BCUT2D eigenvalue weighted by atomic mass is 79.9. The highest BCUT2D eigenvalue weighted by Gasteiger charge is 2.43. The maximum Gasteiger partial charge on any atom is 0.216 e. The minimum absolute atomic E-state index is 0.0222. The van der Waals surface area contributed by atoms with Crippen LogP contribution in [0.3, 0.4) is 0 Å². The molecule has 0 aromatic heterocycles. The molecule has 4 heteroatoms. The molecule has 2 nitrogen and oxygen atoms in total. The van der Waals surface area contributed by atoms with Crippen LogP contribution in [0.15, 0.2) is 33.6 Å². The SMILES string of the molecule is CCC1(C)OC(c2ccc(SC)cc2)=C(Br)C1=O.